The zero-order valence-corrected chi connectivity index (χ0v) is 12.9. The van der Waals surface area contributed by atoms with E-state index in [1.54, 1.807) is 24.3 Å². The summed E-state index contributed by atoms with van der Waals surface area (Å²) in [4.78, 5) is 0. The maximum Gasteiger partial charge on any atom is 0.435 e. The van der Waals surface area contributed by atoms with Crippen LogP contribution in [0, 0.1) is 0 Å². The smallest absolute Gasteiger partial charge is 0.435 e. The topological polar surface area (TPSA) is 47.3 Å². The Morgan fingerprint density at radius 2 is 2.09 bits per heavy atom. The summed E-state index contributed by atoms with van der Waals surface area (Å²) in [6, 6.07) is 6.76. The lowest BCUT2D eigenvalue weighted by Crippen LogP contribution is -2.12. The molecule has 0 saturated carbocycles. The second-order valence-corrected chi connectivity index (χ2v) is 5.33. The van der Waals surface area contributed by atoms with Gasteiger partial charge >= 0.3 is 6.18 Å². The predicted molar refractivity (Wildman–Crippen MR) is 79.6 cm³/mol. The fraction of sp³-hybridized carbons (Fsp3) is 0.400. The highest BCUT2D eigenvalue weighted by molar-refractivity contribution is 6.30. The van der Waals surface area contributed by atoms with E-state index in [-0.39, 0.29) is 38.2 Å². The Bertz CT molecular complexity index is 644. The zero-order chi connectivity index (χ0) is 16.9. The summed E-state index contributed by atoms with van der Waals surface area (Å²) in [5.41, 5.74) is -0.831. The summed E-state index contributed by atoms with van der Waals surface area (Å²) in [6.07, 6.45) is -2.78. The Hall–Kier alpha value is -1.73. The van der Waals surface area contributed by atoms with E-state index in [4.69, 9.17) is 21.4 Å². The van der Waals surface area contributed by atoms with Gasteiger partial charge in [0.15, 0.2) is 5.69 Å². The molecule has 126 valence electrons. The lowest BCUT2D eigenvalue weighted by atomic mass is 10.1. The van der Waals surface area contributed by atoms with Gasteiger partial charge in [-0.2, -0.15) is 18.3 Å². The summed E-state index contributed by atoms with van der Waals surface area (Å²) in [7, 11) is 0. The Kier molecular flexibility index (Phi) is 5.90. The molecule has 0 saturated heterocycles. The molecule has 2 aromatic rings. The number of aliphatic hydroxyl groups is 1. The van der Waals surface area contributed by atoms with Crippen LogP contribution in [0.4, 0.5) is 13.2 Å². The van der Waals surface area contributed by atoms with Gasteiger partial charge in [0.2, 0.25) is 0 Å². The molecule has 23 heavy (non-hydrogen) atoms. The van der Waals surface area contributed by atoms with Gasteiger partial charge < -0.3 is 9.84 Å². The number of hydrogen-bond acceptors (Lipinski definition) is 3. The van der Waals surface area contributed by atoms with Crippen molar-refractivity contribution in [2.45, 2.75) is 25.6 Å². The van der Waals surface area contributed by atoms with E-state index < -0.39 is 11.9 Å². The van der Waals surface area contributed by atoms with Gasteiger partial charge in [-0.1, -0.05) is 17.7 Å². The first-order valence-electron chi connectivity index (χ1n) is 7.03. The number of nitrogens with zero attached hydrogens (tertiary/aromatic N) is 2. The highest BCUT2D eigenvalue weighted by Gasteiger charge is 2.36. The SMILES string of the molecule is OCCCc1cn(CCOc2cccc(Cl)c2)nc1C(F)(F)F. The number of ether oxygens (including phenoxy) is 1. The van der Waals surface area contributed by atoms with Gasteiger partial charge in [-0.3, -0.25) is 4.68 Å². The van der Waals surface area contributed by atoms with Crippen LogP contribution in [0.2, 0.25) is 5.02 Å². The summed E-state index contributed by atoms with van der Waals surface area (Å²) < 4.78 is 45.5. The van der Waals surface area contributed by atoms with E-state index >= 15 is 0 Å². The van der Waals surface area contributed by atoms with Crippen LogP contribution in [0.3, 0.4) is 0 Å². The molecule has 0 unspecified atom stereocenters. The van der Waals surface area contributed by atoms with Crippen LogP contribution in [-0.2, 0) is 19.1 Å². The monoisotopic (exact) mass is 348 g/mol. The second kappa shape index (κ2) is 7.70. The van der Waals surface area contributed by atoms with Crippen LogP contribution in [-0.4, -0.2) is 28.1 Å². The van der Waals surface area contributed by atoms with E-state index in [0.717, 1.165) is 0 Å². The zero-order valence-electron chi connectivity index (χ0n) is 12.2. The molecule has 0 radical (unpaired) electrons. The molecule has 1 aromatic carbocycles. The molecule has 2 rings (SSSR count). The Balaban J connectivity index is 2.00. The molecule has 0 amide bonds. The van der Waals surface area contributed by atoms with Crippen LogP contribution in [0.1, 0.15) is 17.7 Å². The summed E-state index contributed by atoms with van der Waals surface area (Å²) >= 11 is 5.82. The Morgan fingerprint density at radius 3 is 2.74 bits per heavy atom. The lowest BCUT2D eigenvalue weighted by molar-refractivity contribution is -0.142. The number of aromatic nitrogens is 2. The second-order valence-electron chi connectivity index (χ2n) is 4.90. The van der Waals surface area contributed by atoms with Gasteiger partial charge in [0.1, 0.15) is 12.4 Å². The van der Waals surface area contributed by atoms with Gasteiger partial charge in [0, 0.05) is 23.4 Å². The molecule has 0 aliphatic carbocycles. The standard InChI is InChI=1S/C15H16ClF3N2O2/c16-12-4-1-5-13(9-12)23-8-6-21-10-11(3-2-7-22)14(20-21)15(17,18)19/h1,4-5,9-10,22H,2-3,6-8H2. The first-order valence-corrected chi connectivity index (χ1v) is 7.40. The first-order chi connectivity index (χ1) is 10.9. The number of aryl methyl sites for hydroxylation is 1. The molecule has 0 aliphatic heterocycles. The van der Waals surface area contributed by atoms with Crippen LogP contribution in [0.25, 0.3) is 0 Å². The van der Waals surface area contributed by atoms with Crippen molar-refractivity contribution in [1.82, 2.24) is 9.78 Å². The van der Waals surface area contributed by atoms with E-state index in [1.807, 2.05) is 0 Å². The molecule has 0 aliphatic rings. The van der Waals surface area contributed by atoms with Gasteiger partial charge in [-0.05, 0) is 31.0 Å². The maximum atomic E-state index is 12.9. The highest BCUT2D eigenvalue weighted by atomic mass is 35.5. The quantitative estimate of drug-likeness (QED) is 0.832. The number of alkyl halides is 3. The summed E-state index contributed by atoms with van der Waals surface area (Å²) in [6.45, 7) is 0.174. The fourth-order valence-electron chi connectivity index (χ4n) is 2.08. The molecule has 0 bridgehead atoms. The molecule has 0 fully saturated rings. The van der Waals surface area contributed by atoms with Crippen LogP contribution < -0.4 is 4.74 Å². The highest BCUT2D eigenvalue weighted by Crippen LogP contribution is 2.31. The fourth-order valence-corrected chi connectivity index (χ4v) is 2.26. The molecule has 4 nitrogen and oxygen atoms in total. The van der Waals surface area contributed by atoms with Gasteiger partial charge in [0.25, 0.3) is 0 Å². The number of halogens is 4. The van der Waals surface area contributed by atoms with Crippen molar-refractivity contribution in [3.8, 4) is 5.75 Å². The van der Waals surface area contributed by atoms with Gasteiger partial charge in [-0.15, -0.1) is 0 Å². The van der Waals surface area contributed by atoms with E-state index in [0.29, 0.717) is 10.8 Å². The number of rotatable bonds is 7. The normalized spacial score (nSPS) is 11.7. The third-order valence-corrected chi connectivity index (χ3v) is 3.33. The maximum absolute atomic E-state index is 12.9. The van der Waals surface area contributed by atoms with E-state index in [9.17, 15) is 13.2 Å². The summed E-state index contributed by atoms with van der Waals surface area (Å²) in [5.74, 6) is 0.543. The van der Waals surface area contributed by atoms with Gasteiger partial charge in [0.05, 0.1) is 6.54 Å². The van der Waals surface area contributed by atoms with E-state index in [2.05, 4.69) is 5.10 Å². The Labute approximate surface area is 136 Å². The molecular formula is C15H16ClF3N2O2. The molecule has 0 atom stereocenters. The first kappa shape index (κ1) is 17.6. The van der Waals surface area contributed by atoms with Crippen molar-refractivity contribution in [3.05, 3.63) is 46.7 Å². The molecule has 1 aromatic heterocycles. The summed E-state index contributed by atoms with van der Waals surface area (Å²) in [5, 5.41) is 12.9. The molecular weight excluding hydrogens is 333 g/mol. The van der Waals surface area contributed by atoms with Crippen LogP contribution >= 0.6 is 11.6 Å². The Morgan fingerprint density at radius 1 is 1.30 bits per heavy atom. The minimum Gasteiger partial charge on any atom is -0.492 e. The van der Waals surface area contributed by atoms with E-state index in [1.165, 1.54) is 10.9 Å². The number of benzene rings is 1. The van der Waals surface area contributed by atoms with Gasteiger partial charge in [-0.25, -0.2) is 0 Å². The molecule has 1 N–H and O–H groups in total. The molecule has 8 heteroatoms. The van der Waals surface area contributed by atoms with Crippen LogP contribution in [0.15, 0.2) is 30.5 Å². The van der Waals surface area contributed by atoms with Crippen molar-refractivity contribution >= 4 is 11.6 Å². The largest absolute Gasteiger partial charge is 0.492 e. The van der Waals surface area contributed by atoms with Crippen LogP contribution in [0.5, 0.6) is 5.75 Å². The molecule has 1 heterocycles. The van der Waals surface area contributed by atoms with Crippen molar-refractivity contribution in [3.63, 3.8) is 0 Å². The van der Waals surface area contributed by atoms with Crippen molar-refractivity contribution in [1.29, 1.82) is 0 Å². The predicted octanol–water partition coefficient (Wildman–Crippen LogP) is 3.56. The average Bonchev–Trinajstić information content (AvgIpc) is 2.88. The average molecular weight is 349 g/mol. The van der Waals surface area contributed by atoms with Crippen molar-refractivity contribution in [2.24, 2.45) is 0 Å². The number of hydrogen-bond donors (Lipinski definition) is 1. The lowest BCUT2D eigenvalue weighted by Gasteiger charge is -2.06. The van der Waals surface area contributed by atoms with Crippen molar-refractivity contribution in [2.75, 3.05) is 13.2 Å². The van der Waals surface area contributed by atoms with Crippen molar-refractivity contribution < 1.29 is 23.0 Å². The third kappa shape index (κ3) is 5.14. The minimum absolute atomic E-state index is 0.0781. The molecule has 0 spiro atoms. The third-order valence-electron chi connectivity index (χ3n) is 3.10. The number of aliphatic hydroxyl groups excluding tert-OH is 1. The minimum atomic E-state index is -4.51.